The Hall–Kier alpha value is -2.10. The van der Waals surface area contributed by atoms with E-state index in [0.29, 0.717) is 18.9 Å². The van der Waals surface area contributed by atoms with Gasteiger partial charge in [-0.2, -0.15) is 0 Å². The van der Waals surface area contributed by atoms with Crippen molar-refractivity contribution >= 4 is 23.6 Å². The fraction of sp³-hybridized carbons (Fsp3) is 0.412. The van der Waals surface area contributed by atoms with Crippen LogP contribution in [0.1, 0.15) is 31.2 Å². The van der Waals surface area contributed by atoms with Crippen molar-refractivity contribution in [3.05, 3.63) is 35.9 Å². The Labute approximate surface area is 124 Å². The maximum atomic E-state index is 11.7. The highest BCUT2D eigenvalue weighted by molar-refractivity contribution is 5.95. The molecule has 1 heterocycles. The quantitative estimate of drug-likeness (QED) is 0.617. The molecule has 2 aliphatic rings. The molecule has 0 unspecified atom stereocenters. The smallest absolute Gasteiger partial charge is 0.330 e. The maximum Gasteiger partial charge on any atom is 0.330 e. The van der Waals surface area contributed by atoms with Gasteiger partial charge in [0.1, 0.15) is 0 Å². The maximum absolute atomic E-state index is 11.7. The lowest BCUT2D eigenvalue weighted by atomic mass is 10.2. The topological polar surface area (TPSA) is 46.6 Å². The summed E-state index contributed by atoms with van der Waals surface area (Å²) >= 11 is 0. The average molecular weight is 285 g/mol. The van der Waals surface area contributed by atoms with E-state index in [1.165, 1.54) is 18.9 Å². The summed E-state index contributed by atoms with van der Waals surface area (Å²) in [6, 6.07) is 7.65. The van der Waals surface area contributed by atoms with Gasteiger partial charge in [0, 0.05) is 24.7 Å². The normalized spacial score (nSPS) is 18.5. The first-order valence-corrected chi connectivity index (χ1v) is 7.47. The largest absolute Gasteiger partial charge is 0.462 e. The monoisotopic (exact) mass is 285 g/mol. The number of amides is 1. The second-order valence-corrected chi connectivity index (χ2v) is 5.65. The zero-order valence-corrected chi connectivity index (χ0v) is 12.0. The summed E-state index contributed by atoms with van der Waals surface area (Å²) in [5.74, 6) is 0.474. The highest BCUT2D eigenvalue weighted by atomic mass is 16.5. The van der Waals surface area contributed by atoms with Crippen molar-refractivity contribution < 1.29 is 14.3 Å². The lowest BCUT2D eigenvalue weighted by Gasteiger charge is -2.15. The highest BCUT2D eigenvalue weighted by Gasteiger charge is 2.22. The van der Waals surface area contributed by atoms with Gasteiger partial charge in [-0.05, 0) is 49.0 Å². The molecule has 0 N–H and O–H groups in total. The lowest BCUT2D eigenvalue weighted by Crippen LogP contribution is -2.23. The number of carbonyl (C=O) groups excluding carboxylic acids is 2. The molecule has 1 saturated heterocycles. The van der Waals surface area contributed by atoms with Gasteiger partial charge in [0.2, 0.25) is 5.91 Å². The second kappa shape index (κ2) is 6.12. The minimum Gasteiger partial charge on any atom is -0.462 e. The van der Waals surface area contributed by atoms with E-state index >= 15 is 0 Å². The number of nitrogens with zero attached hydrogens (tertiary/aromatic N) is 1. The van der Waals surface area contributed by atoms with Crippen LogP contribution >= 0.6 is 0 Å². The predicted octanol–water partition coefficient (Wildman–Crippen LogP) is 2.78. The minimum atomic E-state index is -0.291. The van der Waals surface area contributed by atoms with Crippen LogP contribution in [0.3, 0.4) is 0 Å². The van der Waals surface area contributed by atoms with E-state index in [1.54, 1.807) is 11.0 Å². The van der Waals surface area contributed by atoms with E-state index < -0.39 is 0 Å². The van der Waals surface area contributed by atoms with Crippen LogP contribution in [0.2, 0.25) is 0 Å². The lowest BCUT2D eigenvalue weighted by molar-refractivity contribution is -0.138. The molecular formula is C17H19NO3. The first-order valence-electron chi connectivity index (χ1n) is 7.47. The molecule has 0 bridgehead atoms. The summed E-state index contributed by atoms with van der Waals surface area (Å²) in [5, 5.41) is 0. The molecular weight excluding hydrogens is 266 g/mol. The third kappa shape index (κ3) is 3.72. The van der Waals surface area contributed by atoms with Crippen LogP contribution in [0.5, 0.6) is 0 Å². The van der Waals surface area contributed by atoms with Crippen molar-refractivity contribution in [3.63, 3.8) is 0 Å². The van der Waals surface area contributed by atoms with E-state index in [1.807, 2.05) is 24.3 Å². The number of hydrogen-bond acceptors (Lipinski definition) is 3. The molecule has 1 aliphatic heterocycles. The molecule has 1 aromatic rings. The molecule has 2 fully saturated rings. The predicted molar refractivity (Wildman–Crippen MR) is 80.7 cm³/mol. The number of carbonyl (C=O) groups is 2. The summed E-state index contributed by atoms with van der Waals surface area (Å²) in [6.07, 6.45) is 7.10. The van der Waals surface area contributed by atoms with Gasteiger partial charge in [0.05, 0.1) is 6.61 Å². The van der Waals surface area contributed by atoms with Gasteiger partial charge in [0.25, 0.3) is 0 Å². The summed E-state index contributed by atoms with van der Waals surface area (Å²) in [4.78, 5) is 25.0. The van der Waals surface area contributed by atoms with Crippen molar-refractivity contribution in [1.82, 2.24) is 0 Å². The Bertz CT molecular complexity index is 558. The third-order valence-corrected chi connectivity index (χ3v) is 3.85. The highest BCUT2D eigenvalue weighted by Crippen LogP contribution is 2.28. The van der Waals surface area contributed by atoms with E-state index in [2.05, 4.69) is 0 Å². The van der Waals surface area contributed by atoms with E-state index in [9.17, 15) is 9.59 Å². The number of esters is 1. The first kappa shape index (κ1) is 13.9. The SMILES string of the molecule is O=C(/C=C/c1ccc(N2CCCC2=O)cc1)OCC1CC1. The Morgan fingerprint density at radius 2 is 2.05 bits per heavy atom. The van der Waals surface area contributed by atoms with Crippen molar-refractivity contribution in [2.24, 2.45) is 5.92 Å². The van der Waals surface area contributed by atoms with Crippen LogP contribution in [-0.2, 0) is 14.3 Å². The van der Waals surface area contributed by atoms with Crippen LogP contribution in [0, 0.1) is 5.92 Å². The van der Waals surface area contributed by atoms with Crippen LogP contribution in [0.25, 0.3) is 6.08 Å². The molecule has 4 heteroatoms. The van der Waals surface area contributed by atoms with Crippen LogP contribution in [-0.4, -0.2) is 25.0 Å². The average Bonchev–Trinajstić information content (AvgIpc) is 3.24. The Morgan fingerprint density at radius 1 is 1.29 bits per heavy atom. The Balaban J connectivity index is 1.55. The molecule has 1 amide bonds. The van der Waals surface area contributed by atoms with E-state index in [4.69, 9.17) is 4.74 Å². The van der Waals surface area contributed by atoms with Crippen LogP contribution in [0.15, 0.2) is 30.3 Å². The molecule has 1 aliphatic carbocycles. The fourth-order valence-electron chi connectivity index (χ4n) is 2.38. The molecule has 21 heavy (non-hydrogen) atoms. The Kier molecular flexibility index (Phi) is 4.04. The van der Waals surface area contributed by atoms with Crippen molar-refractivity contribution in [2.45, 2.75) is 25.7 Å². The van der Waals surface area contributed by atoms with E-state index in [-0.39, 0.29) is 11.9 Å². The van der Waals surface area contributed by atoms with Gasteiger partial charge in [-0.25, -0.2) is 4.79 Å². The molecule has 1 aromatic carbocycles. The van der Waals surface area contributed by atoms with Crippen molar-refractivity contribution in [3.8, 4) is 0 Å². The first-order chi connectivity index (χ1) is 10.2. The Morgan fingerprint density at radius 3 is 2.67 bits per heavy atom. The number of ether oxygens (including phenoxy) is 1. The number of hydrogen-bond donors (Lipinski definition) is 0. The standard InChI is InChI=1S/C17H19NO3/c19-16-2-1-11-18(16)15-8-5-13(6-9-15)7-10-17(20)21-12-14-3-4-14/h5-10,14H,1-4,11-12H2/b10-7+. The van der Waals surface area contributed by atoms with Gasteiger partial charge in [-0.15, -0.1) is 0 Å². The van der Waals surface area contributed by atoms with Gasteiger partial charge >= 0.3 is 5.97 Å². The third-order valence-electron chi connectivity index (χ3n) is 3.85. The fourth-order valence-corrected chi connectivity index (χ4v) is 2.38. The van der Waals surface area contributed by atoms with E-state index in [0.717, 1.165) is 24.2 Å². The van der Waals surface area contributed by atoms with Crippen LogP contribution in [0.4, 0.5) is 5.69 Å². The molecule has 1 saturated carbocycles. The summed E-state index contributed by atoms with van der Waals surface area (Å²) in [5.41, 5.74) is 1.85. The molecule has 0 spiro atoms. The number of rotatable bonds is 5. The molecule has 4 nitrogen and oxygen atoms in total. The molecule has 0 atom stereocenters. The summed E-state index contributed by atoms with van der Waals surface area (Å²) in [7, 11) is 0. The zero-order valence-electron chi connectivity index (χ0n) is 12.0. The zero-order chi connectivity index (χ0) is 14.7. The molecule has 3 rings (SSSR count). The van der Waals surface area contributed by atoms with Gasteiger partial charge < -0.3 is 9.64 Å². The second-order valence-electron chi connectivity index (χ2n) is 5.65. The van der Waals surface area contributed by atoms with Crippen molar-refractivity contribution in [2.75, 3.05) is 18.1 Å². The molecule has 110 valence electrons. The molecule has 0 aromatic heterocycles. The molecule has 0 radical (unpaired) electrons. The summed E-state index contributed by atoms with van der Waals surface area (Å²) in [6.45, 7) is 1.33. The van der Waals surface area contributed by atoms with Gasteiger partial charge in [0.15, 0.2) is 0 Å². The number of benzene rings is 1. The van der Waals surface area contributed by atoms with Crippen molar-refractivity contribution in [1.29, 1.82) is 0 Å². The summed E-state index contributed by atoms with van der Waals surface area (Å²) < 4.78 is 5.13. The van der Waals surface area contributed by atoms with Gasteiger partial charge in [-0.1, -0.05) is 12.1 Å². The van der Waals surface area contributed by atoms with Gasteiger partial charge in [-0.3, -0.25) is 4.79 Å². The van der Waals surface area contributed by atoms with Crippen LogP contribution < -0.4 is 4.90 Å². The number of anilines is 1. The minimum absolute atomic E-state index is 0.182.